The van der Waals surface area contributed by atoms with E-state index in [1.54, 1.807) is 6.08 Å². The summed E-state index contributed by atoms with van der Waals surface area (Å²) < 4.78 is 19.8. The highest BCUT2D eigenvalue weighted by Gasteiger charge is 2.36. The molecule has 0 radical (unpaired) electrons. The van der Waals surface area contributed by atoms with Gasteiger partial charge in [-0.1, -0.05) is 18.9 Å². The lowest BCUT2D eigenvalue weighted by atomic mass is 9.87. The van der Waals surface area contributed by atoms with Gasteiger partial charge in [-0.2, -0.15) is 0 Å². The summed E-state index contributed by atoms with van der Waals surface area (Å²) in [6.45, 7) is 9.34. The Bertz CT molecular complexity index is 1390. The summed E-state index contributed by atoms with van der Waals surface area (Å²) in [5.74, 6) is 1.91. The predicted octanol–water partition coefficient (Wildman–Crippen LogP) is 6.68. The summed E-state index contributed by atoms with van der Waals surface area (Å²) in [7, 11) is 0. The van der Waals surface area contributed by atoms with Crippen LogP contribution in [0.1, 0.15) is 73.3 Å². The summed E-state index contributed by atoms with van der Waals surface area (Å²) in [5.41, 5.74) is 9.97. The lowest BCUT2D eigenvalue weighted by Crippen LogP contribution is -2.42. The van der Waals surface area contributed by atoms with Crippen molar-refractivity contribution in [1.29, 1.82) is 0 Å². The Kier molecular flexibility index (Phi) is 10.1. The van der Waals surface area contributed by atoms with Gasteiger partial charge in [0.25, 0.3) is 11.1 Å². The number of carbonyl (C=O) groups is 3. The van der Waals surface area contributed by atoms with Crippen molar-refractivity contribution in [2.24, 2.45) is 5.73 Å². The van der Waals surface area contributed by atoms with Crippen molar-refractivity contribution >= 4 is 50.8 Å². The molecule has 1 saturated heterocycles. The average Bonchev–Trinajstić information content (AvgIpc) is 3.23. The van der Waals surface area contributed by atoms with Crippen LogP contribution in [0.5, 0.6) is 17.2 Å². The molecule has 3 amide bonds. The van der Waals surface area contributed by atoms with Crippen LogP contribution in [-0.2, 0) is 16.0 Å². The van der Waals surface area contributed by atoms with Gasteiger partial charge in [0.2, 0.25) is 5.91 Å². The summed E-state index contributed by atoms with van der Waals surface area (Å²) >= 11 is 4.46. The second-order valence-electron chi connectivity index (χ2n) is 10.9. The topological polar surface area (TPSA) is 117 Å². The van der Waals surface area contributed by atoms with E-state index in [1.807, 2.05) is 18.2 Å². The van der Waals surface area contributed by atoms with E-state index in [1.165, 1.54) is 5.56 Å². The normalized spacial score (nSPS) is 19.1. The molecule has 2 aliphatic heterocycles. The predicted molar refractivity (Wildman–Crippen MR) is 165 cm³/mol. The lowest BCUT2D eigenvalue weighted by Gasteiger charge is -2.38. The van der Waals surface area contributed by atoms with Gasteiger partial charge in [-0.15, -0.1) is 0 Å². The molecule has 0 saturated carbocycles. The van der Waals surface area contributed by atoms with Gasteiger partial charge in [-0.3, -0.25) is 19.7 Å². The van der Waals surface area contributed by atoms with Crippen LogP contribution in [0.3, 0.4) is 0 Å². The Balaban J connectivity index is 1.37. The minimum Gasteiger partial charge on any atom is -0.493 e. The van der Waals surface area contributed by atoms with Crippen molar-refractivity contribution < 1.29 is 28.6 Å². The van der Waals surface area contributed by atoms with Gasteiger partial charge in [0, 0.05) is 12.0 Å². The molecule has 2 heterocycles. The highest BCUT2D eigenvalue weighted by molar-refractivity contribution is 9.10. The number of imide groups is 1. The molecule has 10 heteroatoms. The van der Waals surface area contributed by atoms with Gasteiger partial charge < -0.3 is 19.9 Å². The first-order valence-electron chi connectivity index (χ1n) is 13.9. The number of rotatable bonds is 12. The highest BCUT2D eigenvalue weighted by atomic mass is 79.9. The molecule has 0 bridgehead atoms. The molecule has 1 fully saturated rings. The number of nitrogens with one attached hydrogen (secondary N) is 1. The molecule has 8 nitrogen and oxygen atoms in total. The Labute approximate surface area is 253 Å². The van der Waals surface area contributed by atoms with Crippen LogP contribution in [0.15, 0.2) is 27.6 Å². The maximum atomic E-state index is 11.8. The van der Waals surface area contributed by atoms with E-state index in [2.05, 4.69) is 48.9 Å². The number of unbranched alkanes of at least 4 members (excludes halogenated alkanes) is 3. The third-order valence-corrected chi connectivity index (χ3v) is 8.99. The standard InChI is InChI=1S/C31H37BrN2O6S/c1-18-19(2)28-22(20(3)27(18)38-14-8-6-5-7-9-26(33)35)12-13-31(4,40-28)17-39-24-11-10-21(15-23(24)32)16-25-29(36)34-30(37)41-25/h10-11,15-16H,5-9,12-14,17H2,1-4H3,(H2,33,35)(H,34,36,37). The van der Waals surface area contributed by atoms with E-state index in [-0.39, 0.29) is 17.1 Å². The van der Waals surface area contributed by atoms with E-state index >= 15 is 0 Å². The van der Waals surface area contributed by atoms with Crippen LogP contribution >= 0.6 is 27.7 Å². The number of nitrogens with two attached hydrogens (primary N) is 1. The number of benzene rings is 2. The molecule has 0 aliphatic carbocycles. The number of fused-ring (bicyclic) bond motifs is 1. The second-order valence-corrected chi connectivity index (χ2v) is 12.7. The van der Waals surface area contributed by atoms with Gasteiger partial charge in [-0.05, 0) is 122 Å². The molecule has 4 rings (SSSR count). The molecular weight excluding hydrogens is 608 g/mol. The number of primary amides is 1. The fourth-order valence-corrected chi connectivity index (χ4v) is 6.25. The van der Waals surface area contributed by atoms with Crippen molar-refractivity contribution in [3.05, 3.63) is 55.4 Å². The fourth-order valence-electron chi connectivity index (χ4n) is 5.06. The van der Waals surface area contributed by atoms with Gasteiger partial charge in [0.1, 0.15) is 29.5 Å². The van der Waals surface area contributed by atoms with Crippen LogP contribution in [0.4, 0.5) is 4.79 Å². The summed E-state index contributed by atoms with van der Waals surface area (Å²) in [5, 5.41) is 1.90. The van der Waals surface area contributed by atoms with Crippen LogP contribution in [0.25, 0.3) is 6.08 Å². The third-order valence-electron chi connectivity index (χ3n) is 7.56. The van der Waals surface area contributed by atoms with Crippen LogP contribution < -0.4 is 25.3 Å². The number of thioether (sulfide) groups is 1. The van der Waals surface area contributed by atoms with Crippen molar-refractivity contribution in [3.8, 4) is 17.2 Å². The molecule has 2 aliphatic rings. The number of ether oxygens (including phenoxy) is 3. The molecular formula is C31H37BrN2O6S. The minimum absolute atomic E-state index is 0.242. The first kappa shape index (κ1) is 31.0. The third kappa shape index (κ3) is 7.65. The number of amides is 3. The Morgan fingerprint density at radius 3 is 2.56 bits per heavy atom. The molecule has 0 aromatic heterocycles. The molecule has 0 spiro atoms. The van der Waals surface area contributed by atoms with Gasteiger partial charge in [0.15, 0.2) is 0 Å². The fraction of sp³-hybridized carbons (Fsp3) is 0.452. The monoisotopic (exact) mass is 644 g/mol. The zero-order chi connectivity index (χ0) is 29.7. The lowest BCUT2D eigenvalue weighted by molar-refractivity contribution is -0.118. The van der Waals surface area contributed by atoms with Crippen molar-refractivity contribution in [2.75, 3.05) is 13.2 Å². The van der Waals surface area contributed by atoms with Crippen molar-refractivity contribution in [2.45, 2.75) is 78.2 Å². The molecule has 2 aromatic carbocycles. The Morgan fingerprint density at radius 2 is 1.88 bits per heavy atom. The molecule has 220 valence electrons. The smallest absolute Gasteiger partial charge is 0.290 e. The minimum atomic E-state index is -0.511. The van der Waals surface area contributed by atoms with Crippen LogP contribution in [-0.4, -0.2) is 35.9 Å². The maximum absolute atomic E-state index is 11.8. The van der Waals surface area contributed by atoms with Gasteiger partial charge in [0.05, 0.1) is 16.0 Å². The van der Waals surface area contributed by atoms with E-state index in [0.717, 1.165) is 88.5 Å². The van der Waals surface area contributed by atoms with Gasteiger partial charge >= 0.3 is 0 Å². The quantitative estimate of drug-likeness (QED) is 0.196. The van der Waals surface area contributed by atoms with Crippen molar-refractivity contribution in [3.63, 3.8) is 0 Å². The van der Waals surface area contributed by atoms with Crippen molar-refractivity contribution in [1.82, 2.24) is 5.32 Å². The molecule has 2 aromatic rings. The Hall–Kier alpha value is -2.98. The first-order valence-corrected chi connectivity index (χ1v) is 15.5. The van der Waals surface area contributed by atoms with E-state index < -0.39 is 5.60 Å². The zero-order valence-electron chi connectivity index (χ0n) is 24.0. The van der Waals surface area contributed by atoms with Gasteiger partial charge in [-0.25, -0.2) is 0 Å². The summed E-state index contributed by atoms with van der Waals surface area (Å²) in [4.78, 5) is 34.5. The molecule has 1 unspecified atom stereocenters. The first-order chi connectivity index (χ1) is 19.5. The van der Waals surface area contributed by atoms with E-state index in [4.69, 9.17) is 19.9 Å². The zero-order valence-corrected chi connectivity index (χ0v) is 26.4. The molecule has 3 N–H and O–H groups in total. The number of halogens is 1. The van der Waals surface area contributed by atoms with E-state index in [9.17, 15) is 14.4 Å². The summed E-state index contributed by atoms with van der Waals surface area (Å²) in [6, 6.07) is 5.55. The average molecular weight is 646 g/mol. The summed E-state index contributed by atoms with van der Waals surface area (Å²) in [6.07, 6.45) is 7.52. The van der Waals surface area contributed by atoms with Crippen LogP contribution in [0.2, 0.25) is 0 Å². The van der Waals surface area contributed by atoms with E-state index in [0.29, 0.717) is 30.3 Å². The molecule has 41 heavy (non-hydrogen) atoms. The number of hydrogen-bond acceptors (Lipinski definition) is 7. The van der Waals surface area contributed by atoms with Crippen LogP contribution in [0, 0.1) is 20.8 Å². The highest BCUT2D eigenvalue weighted by Crippen LogP contribution is 2.44. The maximum Gasteiger partial charge on any atom is 0.290 e. The number of hydrogen-bond donors (Lipinski definition) is 2. The Morgan fingerprint density at radius 1 is 1.12 bits per heavy atom. The molecule has 1 atom stereocenters. The number of carbonyl (C=O) groups excluding carboxylic acids is 3. The largest absolute Gasteiger partial charge is 0.493 e. The SMILES string of the molecule is Cc1c(C)c2c(c(C)c1OCCCCCCC(N)=O)CCC(C)(COc1ccc(C=C3SC(=O)NC3=O)cc1Br)O2. The second kappa shape index (κ2) is 13.3.